The van der Waals surface area contributed by atoms with E-state index in [1.165, 1.54) is 0 Å². The van der Waals surface area contributed by atoms with Gasteiger partial charge < -0.3 is 19.7 Å². The van der Waals surface area contributed by atoms with E-state index in [1.807, 2.05) is 43.3 Å². The lowest BCUT2D eigenvalue weighted by molar-refractivity contribution is -0.145. The average Bonchev–Trinajstić information content (AvgIpc) is 2.97. The number of phenols is 2. The minimum atomic E-state index is -1.10. The first-order chi connectivity index (χ1) is 14.9. The average molecular weight is 410 g/mol. The molecule has 31 heavy (non-hydrogen) atoms. The molecule has 0 fully saturated rings. The molecule has 0 radical (unpaired) electrons. The highest BCUT2D eigenvalue weighted by Crippen LogP contribution is 2.58. The smallest absolute Gasteiger partial charge is 0.335 e. The third kappa shape index (κ3) is 2.18. The van der Waals surface area contributed by atoms with Gasteiger partial charge in [0, 0.05) is 27.5 Å². The molecule has 5 heteroatoms. The van der Waals surface area contributed by atoms with E-state index in [9.17, 15) is 15.0 Å². The molecule has 2 aliphatic rings. The predicted molar refractivity (Wildman–Crippen MR) is 117 cm³/mol. The van der Waals surface area contributed by atoms with E-state index in [2.05, 4.69) is 0 Å². The molecule has 4 aromatic rings. The van der Waals surface area contributed by atoms with E-state index < -0.39 is 5.60 Å². The van der Waals surface area contributed by atoms with Gasteiger partial charge in [-0.25, -0.2) is 4.79 Å². The molecule has 2 heterocycles. The third-order valence-electron chi connectivity index (χ3n) is 6.51. The van der Waals surface area contributed by atoms with Gasteiger partial charge in [0.1, 0.15) is 23.0 Å². The second kappa shape index (κ2) is 5.79. The predicted octanol–water partition coefficient (Wildman–Crippen LogP) is 5.65. The molecular weight excluding hydrogens is 392 g/mol. The Balaban J connectivity index is 1.77. The van der Waals surface area contributed by atoms with Crippen LogP contribution in [-0.2, 0) is 15.1 Å². The van der Waals surface area contributed by atoms with Gasteiger partial charge in [0.2, 0.25) is 0 Å². The minimum absolute atomic E-state index is 0.165. The van der Waals surface area contributed by atoms with Crippen LogP contribution in [0.4, 0.5) is 0 Å². The van der Waals surface area contributed by atoms with Crippen LogP contribution in [0.5, 0.6) is 23.0 Å². The maximum absolute atomic E-state index is 12.7. The van der Waals surface area contributed by atoms with Gasteiger partial charge in [-0.15, -0.1) is 0 Å². The molecule has 0 atom stereocenters. The van der Waals surface area contributed by atoms with Gasteiger partial charge in [0.05, 0.1) is 0 Å². The number of carbonyl (C=O) groups excluding carboxylic acids is 1. The maximum atomic E-state index is 12.7. The summed E-state index contributed by atoms with van der Waals surface area (Å²) in [5, 5.41) is 23.1. The second-order valence-electron chi connectivity index (χ2n) is 8.12. The van der Waals surface area contributed by atoms with Crippen LogP contribution in [0, 0.1) is 0 Å². The highest BCUT2D eigenvalue weighted by molar-refractivity contribution is 6.00. The zero-order valence-electron chi connectivity index (χ0n) is 16.9. The molecule has 152 valence electrons. The third-order valence-corrected chi connectivity index (χ3v) is 6.51. The number of hydrogen-bond donors (Lipinski definition) is 2. The van der Waals surface area contributed by atoms with Crippen LogP contribution in [0.1, 0.15) is 25.0 Å². The van der Waals surface area contributed by atoms with Gasteiger partial charge in [-0.05, 0) is 78.7 Å². The lowest BCUT2D eigenvalue weighted by Gasteiger charge is -2.38. The molecule has 5 nitrogen and oxygen atoms in total. The summed E-state index contributed by atoms with van der Waals surface area (Å²) in [6.07, 6.45) is 0. The Kier molecular flexibility index (Phi) is 3.33. The number of hydrogen-bond acceptors (Lipinski definition) is 5. The number of rotatable bonds is 0. The van der Waals surface area contributed by atoms with Crippen LogP contribution in [0.25, 0.3) is 21.5 Å². The Morgan fingerprint density at radius 1 is 0.742 bits per heavy atom. The molecule has 2 N–H and O–H groups in total. The van der Waals surface area contributed by atoms with Crippen LogP contribution < -0.4 is 4.74 Å². The van der Waals surface area contributed by atoms with Crippen molar-refractivity contribution < 1.29 is 24.5 Å². The van der Waals surface area contributed by atoms with Crippen molar-refractivity contribution in [3.05, 3.63) is 82.9 Å². The summed E-state index contributed by atoms with van der Waals surface area (Å²) < 4.78 is 12.6. The van der Waals surface area contributed by atoms with E-state index in [1.54, 1.807) is 31.2 Å². The number of esters is 1. The second-order valence-corrected chi connectivity index (χ2v) is 8.12. The fourth-order valence-electron chi connectivity index (χ4n) is 4.82. The molecular formula is C26H18O5. The lowest BCUT2D eigenvalue weighted by Crippen LogP contribution is -2.33. The van der Waals surface area contributed by atoms with Gasteiger partial charge in [0.15, 0.2) is 5.60 Å². The molecule has 0 amide bonds. The summed E-state index contributed by atoms with van der Waals surface area (Å²) in [6, 6.07) is 17.8. The molecule has 0 saturated heterocycles. The fourth-order valence-corrected chi connectivity index (χ4v) is 4.82. The molecule has 2 aliphatic heterocycles. The molecule has 0 aliphatic carbocycles. The number of aromatic hydroxyl groups is 2. The zero-order valence-corrected chi connectivity index (χ0v) is 16.9. The fraction of sp³-hybridized carbons (Fsp3) is 0.115. The van der Waals surface area contributed by atoms with E-state index in [0.717, 1.165) is 38.2 Å². The Bertz CT molecular complexity index is 1400. The monoisotopic (exact) mass is 410 g/mol. The van der Waals surface area contributed by atoms with E-state index in [0.29, 0.717) is 17.1 Å². The molecule has 0 bridgehead atoms. The van der Waals surface area contributed by atoms with Crippen molar-refractivity contribution in [2.45, 2.75) is 19.4 Å². The SMILES string of the molecule is CC1=C(C)C2(OC1=O)c1ccc3cc(O)ccc3c1Oc1c2ccc2cc(O)ccc12. The zero-order chi connectivity index (χ0) is 21.5. The minimum Gasteiger partial charge on any atom is -0.508 e. The van der Waals surface area contributed by atoms with Crippen LogP contribution in [0.3, 0.4) is 0 Å². The first-order valence-corrected chi connectivity index (χ1v) is 10.0. The molecule has 0 saturated carbocycles. The molecule has 1 spiro atoms. The summed E-state index contributed by atoms with van der Waals surface area (Å²) in [4.78, 5) is 12.7. The number of phenolic OH excluding ortho intramolecular Hbond substituents is 2. The first kappa shape index (κ1) is 17.8. The number of carbonyl (C=O) groups is 1. The van der Waals surface area contributed by atoms with Gasteiger partial charge in [0.25, 0.3) is 0 Å². The Morgan fingerprint density at radius 2 is 1.26 bits per heavy atom. The molecule has 0 aromatic heterocycles. The number of benzene rings is 4. The van der Waals surface area contributed by atoms with Crippen LogP contribution in [0.2, 0.25) is 0 Å². The summed E-state index contributed by atoms with van der Waals surface area (Å²) in [5.41, 5.74) is 1.80. The van der Waals surface area contributed by atoms with Crippen molar-refractivity contribution in [2.24, 2.45) is 0 Å². The maximum Gasteiger partial charge on any atom is 0.335 e. The quantitative estimate of drug-likeness (QED) is 0.367. The highest BCUT2D eigenvalue weighted by atomic mass is 16.6. The van der Waals surface area contributed by atoms with Crippen LogP contribution in [-0.4, -0.2) is 16.2 Å². The first-order valence-electron chi connectivity index (χ1n) is 10.0. The van der Waals surface area contributed by atoms with E-state index >= 15 is 0 Å². The Morgan fingerprint density at radius 3 is 1.71 bits per heavy atom. The van der Waals surface area contributed by atoms with Crippen molar-refractivity contribution in [1.29, 1.82) is 0 Å². The highest BCUT2D eigenvalue weighted by Gasteiger charge is 2.53. The topological polar surface area (TPSA) is 76.0 Å². The van der Waals surface area contributed by atoms with Crippen molar-refractivity contribution >= 4 is 27.5 Å². The van der Waals surface area contributed by atoms with Gasteiger partial charge in [-0.1, -0.05) is 12.1 Å². The Labute approximate surface area is 177 Å². The summed E-state index contributed by atoms with van der Waals surface area (Å²) in [5.74, 6) is 1.16. The van der Waals surface area contributed by atoms with Gasteiger partial charge in [-0.3, -0.25) is 0 Å². The summed E-state index contributed by atoms with van der Waals surface area (Å²) in [6.45, 7) is 3.69. The normalized spacial score (nSPS) is 16.4. The number of ether oxygens (including phenoxy) is 2. The van der Waals surface area contributed by atoms with Crippen LogP contribution in [0.15, 0.2) is 71.8 Å². The summed E-state index contributed by atoms with van der Waals surface area (Å²) in [7, 11) is 0. The van der Waals surface area contributed by atoms with E-state index in [4.69, 9.17) is 9.47 Å². The Hall–Kier alpha value is -3.99. The van der Waals surface area contributed by atoms with Crippen molar-refractivity contribution in [1.82, 2.24) is 0 Å². The van der Waals surface area contributed by atoms with Crippen molar-refractivity contribution in [3.8, 4) is 23.0 Å². The summed E-state index contributed by atoms with van der Waals surface area (Å²) >= 11 is 0. The van der Waals surface area contributed by atoms with Crippen LogP contribution >= 0.6 is 0 Å². The largest absolute Gasteiger partial charge is 0.508 e. The van der Waals surface area contributed by atoms with Gasteiger partial charge >= 0.3 is 5.97 Å². The van der Waals surface area contributed by atoms with Gasteiger partial charge in [-0.2, -0.15) is 0 Å². The molecule has 4 aromatic carbocycles. The van der Waals surface area contributed by atoms with Crippen molar-refractivity contribution in [3.63, 3.8) is 0 Å². The number of fused-ring (bicyclic) bond motifs is 8. The van der Waals surface area contributed by atoms with Crippen molar-refractivity contribution in [2.75, 3.05) is 0 Å². The molecule has 6 rings (SSSR count). The van der Waals surface area contributed by atoms with E-state index in [-0.39, 0.29) is 17.5 Å². The standard InChI is InChI=1S/C26H18O5/c1-13-14(2)26(31-25(13)29)21-9-3-15-11-17(27)5-7-19(15)23(21)30-24-20-8-6-18(28)12-16(20)4-10-22(24)26/h3-12,27-28H,1-2H3. The lowest BCUT2D eigenvalue weighted by atomic mass is 9.76. The molecule has 0 unspecified atom stereocenters.